The molecule has 0 spiro atoms. The summed E-state index contributed by atoms with van der Waals surface area (Å²) in [5.74, 6) is 0.354. The Bertz CT molecular complexity index is 1230. The quantitative estimate of drug-likeness (QED) is 0.515. The van der Waals surface area contributed by atoms with E-state index in [-0.39, 0.29) is 18.1 Å². The van der Waals surface area contributed by atoms with Crippen molar-refractivity contribution in [2.45, 2.75) is 31.4 Å². The highest BCUT2D eigenvalue weighted by atomic mass is 19.4. The number of fused-ring (bicyclic) bond motifs is 1. The van der Waals surface area contributed by atoms with Crippen molar-refractivity contribution in [3.63, 3.8) is 0 Å². The van der Waals surface area contributed by atoms with Gasteiger partial charge in [0.15, 0.2) is 6.61 Å². The number of ether oxygens (including phenoxy) is 1. The van der Waals surface area contributed by atoms with E-state index < -0.39 is 12.8 Å². The predicted molar refractivity (Wildman–Crippen MR) is 119 cm³/mol. The lowest BCUT2D eigenvalue weighted by Gasteiger charge is -2.11. The maximum atomic E-state index is 12.5. The second-order valence-corrected chi connectivity index (χ2v) is 8.19. The molecule has 0 atom stereocenters. The molecule has 3 aromatic rings. The molecule has 1 fully saturated rings. The molecule has 0 unspecified atom stereocenters. The van der Waals surface area contributed by atoms with E-state index in [9.17, 15) is 18.0 Å². The second-order valence-electron chi connectivity index (χ2n) is 8.19. The number of halogens is 3. The Morgan fingerprint density at radius 1 is 1.00 bits per heavy atom. The molecule has 2 aliphatic rings. The third-order valence-electron chi connectivity index (χ3n) is 5.54. The summed E-state index contributed by atoms with van der Waals surface area (Å²) in [7, 11) is 0. The molecular formula is C25H20F3N3O2. The van der Waals surface area contributed by atoms with Gasteiger partial charge in [0, 0.05) is 29.4 Å². The molecule has 2 aromatic carbocycles. The summed E-state index contributed by atoms with van der Waals surface area (Å²) in [6.07, 6.45) is -0.173. The van der Waals surface area contributed by atoms with Crippen LogP contribution in [0.15, 0.2) is 65.8 Å². The summed E-state index contributed by atoms with van der Waals surface area (Å²) in [6, 6.07) is 16.0. The highest BCUT2D eigenvalue weighted by Crippen LogP contribution is 2.39. The largest absolute Gasteiger partial charge is 0.484 e. The van der Waals surface area contributed by atoms with Crippen LogP contribution in [0.1, 0.15) is 36.4 Å². The van der Waals surface area contributed by atoms with Gasteiger partial charge in [0.1, 0.15) is 5.75 Å². The molecule has 0 saturated heterocycles. The van der Waals surface area contributed by atoms with E-state index in [4.69, 9.17) is 4.74 Å². The Balaban J connectivity index is 1.45. The van der Waals surface area contributed by atoms with Crippen molar-refractivity contribution in [2.24, 2.45) is 4.99 Å². The van der Waals surface area contributed by atoms with Crippen molar-refractivity contribution in [1.82, 2.24) is 4.98 Å². The summed E-state index contributed by atoms with van der Waals surface area (Å²) in [5, 5.41) is 2.75. The first kappa shape index (κ1) is 21.2. The summed E-state index contributed by atoms with van der Waals surface area (Å²) < 4.78 is 42.4. The average molecular weight is 451 g/mol. The second kappa shape index (κ2) is 8.35. The monoisotopic (exact) mass is 451 g/mol. The molecule has 168 valence electrons. The Morgan fingerprint density at radius 2 is 1.82 bits per heavy atom. The minimum absolute atomic E-state index is 0.0286. The zero-order valence-electron chi connectivity index (χ0n) is 17.5. The van der Waals surface area contributed by atoms with Crippen LogP contribution in [-0.2, 0) is 4.79 Å². The minimum Gasteiger partial charge on any atom is -0.484 e. The van der Waals surface area contributed by atoms with Crippen molar-refractivity contribution in [3.8, 4) is 16.9 Å². The Hall–Kier alpha value is -3.68. The van der Waals surface area contributed by atoms with Crippen molar-refractivity contribution in [1.29, 1.82) is 0 Å². The molecule has 5 nitrogen and oxygen atoms in total. The molecule has 2 heterocycles. The van der Waals surface area contributed by atoms with Crippen LogP contribution in [0.4, 0.5) is 24.5 Å². The van der Waals surface area contributed by atoms with Crippen LogP contribution in [0.3, 0.4) is 0 Å². The number of nitrogens with zero attached hydrogens (tertiary/aromatic N) is 2. The van der Waals surface area contributed by atoms with E-state index in [0.717, 1.165) is 22.4 Å². The standard InChI is InChI=1S/C25H20F3N3O2/c26-25(27,28)14-33-19-7-9-21-23(11-19)30-22(12-24(32)31-21)17-3-1-2-16(10-17)18-6-8-20(29-13-18)15-4-5-15/h1-3,6-11,13,15H,4-5,12,14H2,(H,31,32). The fourth-order valence-electron chi connectivity index (χ4n) is 3.74. The van der Waals surface area contributed by atoms with Gasteiger partial charge in [-0.25, -0.2) is 4.99 Å². The molecule has 1 N–H and O–H groups in total. The number of benzene rings is 2. The van der Waals surface area contributed by atoms with Crippen LogP contribution in [-0.4, -0.2) is 29.4 Å². The molecule has 1 aromatic heterocycles. The van der Waals surface area contributed by atoms with Crippen molar-refractivity contribution < 1.29 is 22.7 Å². The molecule has 1 saturated carbocycles. The molecule has 1 aliphatic heterocycles. The number of aromatic nitrogens is 1. The van der Waals surface area contributed by atoms with Crippen LogP contribution in [0.2, 0.25) is 0 Å². The summed E-state index contributed by atoms with van der Waals surface area (Å²) in [4.78, 5) is 21.6. The van der Waals surface area contributed by atoms with E-state index >= 15 is 0 Å². The number of pyridine rings is 1. The van der Waals surface area contributed by atoms with Gasteiger partial charge in [0.25, 0.3) is 0 Å². The zero-order chi connectivity index (χ0) is 23.0. The molecule has 0 bridgehead atoms. The Kier molecular flexibility index (Phi) is 5.36. The van der Waals surface area contributed by atoms with Crippen LogP contribution in [0.25, 0.3) is 11.1 Å². The third kappa shape index (κ3) is 5.05. The van der Waals surface area contributed by atoms with Gasteiger partial charge in [0.05, 0.1) is 23.5 Å². The van der Waals surface area contributed by atoms with E-state index in [0.29, 0.717) is 23.0 Å². The lowest BCUT2D eigenvalue weighted by atomic mass is 10.00. The normalized spacial score (nSPS) is 15.8. The molecule has 5 rings (SSSR count). The number of amides is 1. The van der Waals surface area contributed by atoms with Gasteiger partial charge in [-0.05, 0) is 48.2 Å². The lowest BCUT2D eigenvalue weighted by Crippen LogP contribution is -2.19. The van der Waals surface area contributed by atoms with E-state index in [1.54, 1.807) is 0 Å². The number of anilines is 1. The van der Waals surface area contributed by atoms with Gasteiger partial charge in [-0.1, -0.05) is 24.3 Å². The lowest BCUT2D eigenvalue weighted by molar-refractivity contribution is -0.153. The van der Waals surface area contributed by atoms with Gasteiger partial charge in [0.2, 0.25) is 5.91 Å². The highest BCUT2D eigenvalue weighted by molar-refractivity contribution is 6.17. The highest BCUT2D eigenvalue weighted by Gasteiger charge is 2.29. The van der Waals surface area contributed by atoms with Crippen molar-refractivity contribution in [2.75, 3.05) is 11.9 Å². The number of carbonyl (C=O) groups is 1. The number of nitrogens with one attached hydrogen (secondary N) is 1. The number of rotatable bonds is 5. The first-order valence-electron chi connectivity index (χ1n) is 10.6. The first-order valence-corrected chi connectivity index (χ1v) is 10.6. The van der Waals surface area contributed by atoms with Crippen molar-refractivity contribution in [3.05, 3.63) is 72.1 Å². The van der Waals surface area contributed by atoms with Gasteiger partial charge in [-0.2, -0.15) is 13.2 Å². The fraction of sp³-hybridized carbons (Fsp3) is 0.240. The molecule has 8 heteroatoms. The SMILES string of the molecule is O=C1CC(c2cccc(-c3ccc(C4CC4)nc3)c2)=Nc2cc(OCC(F)(F)F)ccc2N1. The Labute approximate surface area is 188 Å². The smallest absolute Gasteiger partial charge is 0.422 e. The maximum absolute atomic E-state index is 12.5. The number of alkyl halides is 3. The van der Waals surface area contributed by atoms with Crippen molar-refractivity contribution >= 4 is 23.0 Å². The van der Waals surface area contributed by atoms with Gasteiger partial charge < -0.3 is 10.1 Å². The first-order chi connectivity index (χ1) is 15.8. The minimum atomic E-state index is -4.44. The van der Waals surface area contributed by atoms with Gasteiger partial charge >= 0.3 is 6.18 Å². The molecule has 33 heavy (non-hydrogen) atoms. The maximum Gasteiger partial charge on any atom is 0.422 e. The fourth-order valence-corrected chi connectivity index (χ4v) is 3.74. The number of hydrogen-bond donors (Lipinski definition) is 1. The van der Waals surface area contributed by atoms with Crippen LogP contribution in [0.5, 0.6) is 5.75 Å². The van der Waals surface area contributed by atoms with E-state index in [2.05, 4.69) is 21.4 Å². The van der Waals surface area contributed by atoms with Crippen LogP contribution >= 0.6 is 0 Å². The topological polar surface area (TPSA) is 63.6 Å². The molecule has 1 aliphatic carbocycles. The number of carbonyl (C=O) groups excluding carboxylic acids is 1. The van der Waals surface area contributed by atoms with E-state index in [1.807, 2.05) is 36.5 Å². The molecular weight excluding hydrogens is 431 g/mol. The molecule has 0 radical (unpaired) electrons. The van der Waals surface area contributed by atoms with Gasteiger partial charge in [-0.3, -0.25) is 9.78 Å². The average Bonchev–Trinajstić information content (AvgIpc) is 3.64. The van der Waals surface area contributed by atoms with Gasteiger partial charge in [-0.15, -0.1) is 0 Å². The van der Waals surface area contributed by atoms with Crippen LogP contribution in [0, 0.1) is 0 Å². The predicted octanol–water partition coefficient (Wildman–Crippen LogP) is 6.03. The third-order valence-corrected chi connectivity index (χ3v) is 5.54. The number of aliphatic imine (C=N–C) groups is 1. The van der Waals surface area contributed by atoms with Crippen LogP contribution < -0.4 is 10.1 Å². The number of hydrogen-bond acceptors (Lipinski definition) is 4. The summed E-state index contributed by atoms with van der Waals surface area (Å²) in [6.45, 7) is -1.40. The Morgan fingerprint density at radius 3 is 2.55 bits per heavy atom. The van der Waals surface area contributed by atoms with E-state index in [1.165, 1.54) is 31.0 Å². The summed E-state index contributed by atoms with van der Waals surface area (Å²) >= 11 is 0. The summed E-state index contributed by atoms with van der Waals surface area (Å²) in [5.41, 5.74) is 5.05. The zero-order valence-corrected chi connectivity index (χ0v) is 17.5. The molecule has 1 amide bonds.